The first kappa shape index (κ1) is 32.5. The van der Waals surface area contributed by atoms with Gasteiger partial charge in [-0.2, -0.15) is 0 Å². The van der Waals surface area contributed by atoms with E-state index in [4.69, 9.17) is 14.4 Å². The zero-order valence-corrected chi connectivity index (χ0v) is 31.3. The van der Waals surface area contributed by atoms with Gasteiger partial charge < -0.3 is 14.3 Å². The molecule has 0 bridgehead atoms. The van der Waals surface area contributed by atoms with E-state index in [-0.39, 0.29) is 6.17 Å². The Kier molecular flexibility index (Phi) is 7.23. The summed E-state index contributed by atoms with van der Waals surface area (Å²) in [6, 6.07) is 68.7. The van der Waals surface area contributed by atoms with Gasteiger partial charge in [-0.15, -0.1) is 0 Å². The Morgan fingerprint density at radius 2 is 1.14 bits per heavy atom. The zero-order valence-electron chi connectivity index (χ0n) is 31.3. The number of aliphatic imine (C=N–C) groups is 2. The lowest BCUT2D eigenvalue weighted by Gasteiger charge is -2.24. The molecule has 0 radical (unpaired) electrons. The number of rotatable bonds is 5. The predicted molar refractivity (Wildman–Crippen MR) is 240 cm³/mol. The van der Waals surface area contributed by atoms with E-state index in [0.29, 0.717) is 5.84 Å². The summed E-state index contributed by atoms with van der Waals surface area (Å²) in [7, 11) is 0. The van der Waals surface area contributed by atoms with Gasteiger partial charge in [0.25, 0.3) is 0 Å². The molecule has 58 heavy (non-hydrogen) atoms. The minimum atomic E-state index is -0.382. The molecule has 9 aromatic carbocycles. The van der Waals surface area contributed by atoms with Gasteiger partial charge in [0, 0.05) is 32.7 Å². The molecule has 0 fully saturated rings. The molecule has 12 rings (SSSR count). The van der Waals surface area contributed by atoms with Crippen LogP contribution in [-0.2, 0) is 0 Å². The monoisotopic (exact) mass is 742 g/mol. The van der Waals surface area contributed by atoms with Gasteiger partial charge in [0.05, 0.1) is 16.7 Å². The minimum absolute atomic E-state index is 0.382. The lowest BCUT2D eigenvalue weighted by atomic mass is 10.0. The van der Waals surface area contributed by atoms with Crippen LogP contribution in [0.25, 0.3) is 82.1 Å². The third kappa shape index (κ3) is 5.25. The van der Waals surface area contributed by atoms with E-state index >= 15 is 0 Å². The van der Waals surface area contributed by atoms with E-state index in [1.165, 1.54) is 32.3 Å². The lowest BCUT2D eigenvalue weighted by Crippen LogP contribution is -2.33. The summed E-state index contributed by atoms with van der Waals surface area (Å²) in [5.74, 6) is 1.42. The Morgan fingerprint density at radius 1 is 0.448 bits per heavy atom. The number of amidine groups is 2. The van der Waals surface area contributed by atoms with E-state index in [1.807, 2.05) is 18.2 Å². The van der Waals surface area contributed by atoms with Crippen molar-refractivity contribution in [3.8, 4) is 16.8 Å². The molecule has 5 nitrogen and oxygen atoms in total. The first-order chi connectivity index (χ1) is 28.7. The highest BCUT2D eigenvalue weighted by molar-refractivity contribution is 6.19. The van der Waals surface area contributed by atoms with Crippen LogP contribution in [0.15, 0.2) is 209 Å². The summed E-state index contributed by atoms with van der Waals surface area (Å²) < 4.78 is 9.17. The molecule has 0 aliphatic carbocycles. The molecule has 5 heteroatoms. The van der Waals surface area contributed by atoms with E-state index in [1.54, 1.807) is 0 Å². The van der Waals surface area contributed by atoms with Crippen LogP contribution in [0.3, 0.4) is 0 Å². The SMILES string of the molecule is c1ccc(-c2cccc(C3=NC(c4cc(-n5c6ccccc6c6cc7ccccc7cc65)c5oc6ccccc6c5c4)=NC(c4ccc5ccccc5c4)N3)c2)cc1. The van der Waals surface area contributed by atoms with Crippen molar-refractivity contribution in [2.24, 2.45) is 9.98 Å². The molecule has 3 heterocycles. The van der Waals surface area contributed by atoms with Crippen LogP contribution in [0.2, 0.25) is 0 Å². The number of para-hydroxylation sites is 2. The Hall–Kier alpha value is -7.76. The molecular formula is C53H34N4O. The smallest absolute Gasteiger partial charge is 0.159 e. The highest BCUT2D eigenvalue weighted by Crippen LogP contribution is 2.40. The summed E-state index contributed by atoms with van der Waals surface area (Å²) in [5, 5.41) is 12.9. The Bertz CT molecular complexity index is 3500. The summed E-state index contributed by atoms with van der Waals surface area (Å²) in [5.41, 5.74) is 10.1. The minimum Gasteiger partial charge on any atom is -0.454 e. The average Bonchev–Trinajstić information content (AvgIpc) is 3.83. The first-order valence-electron chi connectivity index (χ1n) is 19.7. The number of nitrogens with zero attached hydrogens (tertiary/aromatic N) is 3. The van der Waals surface area contributed by atoms with Gasteiger partial charge in [0.2, 0.25) is 0 Å². The number of hydrogen-bond donors (Lipinski definition) is 1. The van der Waals surface area contributed by atoms with Gasteiger partial charge in [-0.3, -0.25) is 0 Å². The van der Waals surface area contributed by atoms with Crippen molar-refractivity contribution in [3.63, 3.8) is 0 Å². The average molecular weight is 743 g/mol. The van der Waals surface area contributed by atoms with E-state index in [9.17, 15) is 0 Å². The first-order valence-corrected chi connectivity index (χ1v) is 19.7. The Balaban J connectivity index is 1.12. The van der Waals surface area contributed by atoms with Crippen molar-refractivity contribution < 1.29 is 4.42 Å². The van der Waals surface area contributed by atoms with Gasteiger partial charge in [-0.1, -0.05) is 146 Å². The number of furan rings is 1. The Labute approximate surface area is 333 Å². The highest BCUT2D eigenvalue weighted by atomic mass is 16.3. The number of nitrogens with one attached hydrogen (secondary N) is 1. The lowest BCUT2D eigenvalue weighted by molar-refractivity contribution is 0.666. The molecule has 2 aromatic heterocycles. The standard InChI is InChI=1S/C53H34N4O/c1-2-13-33(14-3-1)36-19-12-20-39(27-36)51-54-52(40-26-25-34-15-4-5-16-35(34)28-40)56-53(55-51)41-30-45-43-22-9-11-24-49(43)58-50(45)48(32-41)57-46-23-10-8-21-42(46)44-29-37-17-6-7-18-38(37)31-47(44)57/h1-32,52H,(H,54,55,56). The molecule has 1 aliphatic rings. The van der Waals surface area contributed by atoms with Gasteiger partial charge in [-0.25, -0.2) is 9.98 Å². The topological polar surface area (TPSA) is 54.8 Å². The summed E-state index contributed by atoms with van der Waals surface area (Å²) in [6.07, 6.45) is -0.382. The summed E-state index contributed by atoms with van der Waals surface area (Å²) >= 11 is 0. The highest BCUT2D eigenvalue weighted by Gasteiger charge is 2.25. The molecular weight excluding hydrogens is 709 g/mol. The molecule has 0 amide bonds. The van der Waals surface area contributed by atoms with Crippen LogP contribution >= 0.6 is 0 Å². The van der Waals surface area contributed by atoms with Crippen molar-refractivity contribution in [2.75, 3.05) is 0 Å². The number of fused-ring (bicyclic) bond motifs is 8. The predicted octanol–water partition coefficient (Wildman–Crippen LogP) is 13.2. The molecule has 0 saturated heterocycles. The summed E-state index contributed by atoms with van der Waals surface area (Å²) in [4.78, 5) is 10.8. The van der Waals surface area contributed by atoms with Gasteiger partial charge in [0.15, 0.2) is 11.4 Å². The molecule has 1 aliphatic heterocycles. The van der Waals surface area contributed by atoms with Crippen molar-refractivity contribution >= 4 is 77.0 Å². The van der Waals surface area contributed by atoms with E-state index in [0.717, 1.165) is 72.3 Å². The van der Waals surface area contributed by atoms with Crippen LogP contribution < -0.4 is 5.32 Å². The van der Waals surface area contributed by atoms with E-state index in [2.05, 4.69) is 186 Å². The van der Waals surface area contributed by atoms with Crippen molar-refractivity contribution in [3.05, 3.63) is 211 Å². The van der Waals surface area contributed by atoms with Crippen molar-refractivity contribution in [1.29, 1.82) is 0 Å². The van der Waals surface area contributed by atoms with Gasteiger partial charge >= 0.3 is 0 Å². The maximum absolute atomic E-state index is 6.80. The molecule has 1 unspecified atom stereocenters. The van der Waals surface area contributed by atoms with Crippen LogP contribution in [0, 0.1) is 0 Å². The van der Waals surface area contributed by atoms with Gasteiger partial charge in [-0.05, 0) is 86.8 Å². The second-order valence-corrected chi connectivity index (χ2v) is 15.1. The maximum Gasteiger partial charge on any atom is 0.159 e. The molecule has 1 atom stereocenters. The third-order valence-electron chi connectivity index (χ3n) is 11.6. The maximum atomic E-state index is 6.80. The van der Waals surface area contributed by atoms with Crippen LogP contribution in [-0.4, -0.2) is 16.2 Å². The third-order valence-corrected chi connectivity index (χ3v) is 11.6. The quantitative estimate of drug-likeness (QED) is 0.191. The van der Waals surface area contributed by atoms with E-state index < -0.39 is 0 Å². The fourth-order valence-electron chi connectivity index (χ4n) is 8.77. The molecule has 272 valence electrons. The Morgan fingerprint density at radius 3 is 2.00 bits per heavy atom. The number of benzene rings is 9. The zero-order chi connectivity index (χ0) is 38.2. The number of aromatic nitrogens is 1. The summed E-state index contributed by atoms with van der Waals surface area (Å²) in [6.45, 7) is 0. The van der Waals surface area contributed by atoms with Crippen LogP contribution in [0.4, 0.5) is 0 Å². The van der Waals surface area contributed by atoms with Crippen molar-refractivity contribution in [1.82, 2.24) is 9.88 Å². The molecule has 0 spiro atoms. The second kappa shape index (κ2) is 12.9. The number of hydrogen-bond acceptors (Lipinski definition) is 4. The van der Waals surface area contributed by atoms with Crippen LogP contribution in [0.1, 0.15) is 22.9 Å². The second-order valence-electron chi connectivity index (χ2n) is 15.1. The van der Waals surface area contributed by atoms with Crippen molar-refractivity contribution in [2.45, 2.75) is 6.17 Å². The van der Waals surface area contributed by atoms with Crippen LogP contribution in [0.5, 0.6) is 0 Å². The normalized spacial score (nSPS) is 14.4. The molecule has 11 aromatic rings. The largest absolute Gasteiger partial charge is 0.454 e. The molecule has 0 saturated carbocycles. The van der Waals surface area contributed by atoms with Gasteiger partial charge in [0.1, 0.15) is 17.6 Å². The molecule has 1 N–H and O–H groups in total. The fraction of sp³-hybridized carbons (Fsp3) is 0.0189. The fourth-order valence-corrected chi connectivity index (χ4v) is 8.77.